The lowest BCUT2D eigenvalue weighted by Gasteiger charge is -2.35. The van der Waals surface area contributed by atoms with Crippen molar-refractivity contribution >= 4 is 17.3 Å². The Balaban J connectivity index is 1.51. The first kappa shape index (κ1) is 21.2. The van der Waals surface area contributed by atoms with Crippen molar-refractivity contribution in [2.24, 2.45) is 0 Å². The van der Waals surface area contributed by atoms with Crippen LogP contribution in [0, 0.1) is 11.6 Å². The predicted octanol–water partition coefficient (Wildman–Crippen LogP) is 4.08. The molecule has 0 spiro atoms. The first-order valence-electron chi connectivity index (χ1n) is 10.6. The average molecular weight is 428 g/mol. The Morgan fingerprint density at radius 1 is 1.06 bits per heavy atom. The number of hydrogen-bond acceptors (Lipinski definition) is 6. The van der Waals surface area contributed by atoms with Crippen LogP contribution in [0.25, 0.3) is 11.3 Å². The highest BCUT2D eigenvalue weighted by Gasteiger charge is 2.19. The number of likely N-dealkylation sites (N-methyl/N-ethyl adjacent to an activating group) is 1. The third-order valence-electron chi connectivity index (χ3n) is 5.51. The summed E-state index contributed by atoms with van der Waals surface area (Å²) < 4.78 is 30.9. The molecule has 3 aromatic rings. The number of benzene rings is 1. The zero-order valence-corrected chi connectivity index (χ0v) is 18.0. The number of aromatic nitrogens is 4. The fourth-order valence-electron chi connectivity index (χ4n) is 3.65. The minimum Gasteiger partial charge on any atom is -0.367 e. The van der Waals surface area contributed by atoms with Gasteiger partial charge in [-0.15, -0.1) is 0 Å². The van der Waals surface area contributed by atoms with E-state index in [2.05, 4.69) is 37.1 Å². The third-order valence-corrected chi connectivity index (χ3v) is 5.51. The van der Waals surface area contributed by atoms with Gasteiger partial charge in [-0.25, -0.2) is 18.7 Å². The SMILES string of the molecule is CCN1CCN(c2ccc(Nc3ncc(F)c(-c4cnn(C(C)C)c4)n3)cc2F)CC1. The summed E-state index contributed by atoms with van der Waals surface area (Å²) in [6, 6.07) is 5.12. The minimum absolute atomic E-state index is 0.148. The number of nitrogens with zero attached hydrogens (tertiary/aromatic N) is 6. The molecule has 7 nitrogen and oxygen atoms in total. The highest BCUT2D eigenvalue weighted by molar-refractivity contribution is 5.63. The van der Waals surface area contributed by atoms with Crippen LogP contribution < -0.4 is 10.2 Å². The van der Waals surface area contributed by atoms with E-state index in [0.717, 1.165) is 38.9 Å². The van der Waals surface area contributed by atoms with Crippen LogP contribution in [-0.2, 0) is 0 Å². The van der Waals surface area contributed by atoms with Crippen molar-refractivity contribution < 1.29 is 8.78 Å². The van der Waals surface area contributed by atoms with Gasteiger partial charge in [0.25, 0.3) is 0 Å². The smallest absolute Gasteiger partial charge is 0.227 e. The molecule has 0 radical (unpaired) electrons. The van der Waals surface area contributed by atoms with E-state index in [1.54, 1.807) is 29.2 Å². The molecule has 0 saturated carbocycles. The fraction of sp³-hybridized carbons (Fsp3) is 0.409. The summed E-state index contributed by atoms with van der Waals surface area (Å²) in [5, 5.41) is 7.21. The summed E-state index contributed by atoms with van der Waals surface area (Å²) in [4.78, 5) is 12.7. The molecule has 1 fully saturated rings. The molecule has 9 heteroatoms. The van der Waals surface area contributed by atoms with E-state index < -0.39 is 5.82 Å². The normalized spacial score (nSPS) is 15.0. The van der Waals surface area contributed by atoms with Crippen LogP contribution in [0.1, 0.15) is 26.8 Å². The van der Waals surface area contributed by atoms with Gasteiger partial charge in [-0.05, 0) is 38.6 Å². The van der Waals surface area contributed by atoms with Gasteiger partial charge in [0.1, 0.15) is 11.5 Å². The molecule has 1 aliphatic rings. The molecule has 1 N–H and O–H groups in total. The summed E-state index contributed by atoms with van der Waals surface area (Å²) >= 11 is 0. The topological polar surface area (TPSA) is 62.1 Å². The van der Waals surface area contributed by atoms with E-state index in [1.165, 1.54) is 6.07 Å². The summed E-state index contributed by atoms with van der Waals surface area (Å²) in [7, 11) is 0. The summed E-state index contributed by atoms with van der Waals surface area (Å²) in [5.41, 5.74) is 1.80. The molecule has 2 aromatic heterocycles. The summed E-state index contributed by atoms with van der Waals surface area (Å²) in [6.07, 6.45) is 4.42. The van der Waals surface area contributed by atoms with E-state index in [9.17, 15) is 8.78 Å². The molecule has 0 unspecified atom stereocenters. The average Bonchev–Trinajstić information content (AvgIpc) is 3.26. The number of halogens is 2. The van der Waals surface area contributed by atoms with E-state index in [0.29, 0.717) is 16.9 Å². The molecule has 0 aliphatic carbocycles. The quantitative estimate of drug-likeness (QED) is 0.640. The van der Waals surface area contributed by atoms with Crippen molar-refractivity contribution in [2.75, 3.05) is 42.9 Å². The summed E-state index contributed by atoms with van der Waals surface area (Å²) in [6.45, 7) is 10.6. The van der Waals surface area contributed by atoms with Gasteiger partial charge in [0, 0.05) is 49.7 Å². The molecule has 4 rings (SSSR count). The van der Waals surface area contributed by atoms with Crippen LogP contribution >= 0.6 is 0 Å². The Morgan fingerprint density at radius 3 is 2.48 bits per heavy atom. The first-order valence-corrected chi connectivity index (χ1v) is 10.6. The van der Waals surface area contributed by atoms with Gasteiger partial charge in [0.15, 0.2) is 5.82 Å². The lowest BCUT2D eigenvalue weighted by atomic mass is 10.2. The Kier molecular flexibility index (Phi) is 6.13. The molecular weight excluding hydrogens is 400 g/mol. The maximum atomic E-state index is 14.8. The Morgan fingerprint density at radius 2 is 1.84 bits per heavy atom. The fourth-order valence-corrected chi connectivity index (χ4v) is 3.65. The van der Waals surface area contributed by atoms with Crippen molar-refractivity contribution in [1.82, 2.24) is 24.6 Å². The van der Waals surface area contributed by atoms with Crippen molar-refractivity contribution in [3.63, 3.8) is 0 Å². The monoisotopic (exact) mass is 427 g/mol. The van der Waals surface area contributed by atoms with Crippen molar-refractivity contribution in [3.8, 4) is 11.3 Å². The Bertz CT molecular complexity index is 1040. The lowest BCUT2D eigenvalue weighted by Crippen LogP contribution is -2.46. The highest BCUT2D eigenvalue weighted by Crippen LogP contribution is 2.27. The van der Waals surface area contributed by atoms with Gasteiger partial charge < -0.3 is 15.1 Å². The van der Waals surface area contributed by atoms with Gasteiger partial charge >= 0.3 is 0 Å². The zero-order chi connectivity index (χ0) is 22.0. The lowest BCUT2D eigenvalue weighted by molar-refractivity contribution is 0.270. The van der Waals surface area contributed by atoms with Crippen LogP contribution in [-0.4, -0.2) is 57.4 Å². The molecule has 0 atom stereocenters. The van der Waals surface area contributed by atoms with E-state index >= 15 is 0 Å². The van der Waals surface area contributed by atoms with Crippen molar-refractivity contribution in [2.45, 2.75) is 26.8 Å². The molecule has 164 valence electrons. The Hall–Kier alpha value is -3.07. The maximum absolute atomic E-state index is 14.8. The Labute approximate surface area is 180 Å². The van der Waals surface area contributed by atoms with E-state index in [1.807, 2.05) is 13.8 Å². The van der Waals surface area contributed by atoms with Crippen LogP contribution in [0.2, 0.25) is 0 Å². The number of nitrogens with one attached hydrogen (secondary N) is 1. The number of hydrogen-bond donors (Lipinski definition) is 1. The van der Waals surface area contributed by atoms with Gasteiger partial charge in [0.05, 0.1) is 18.1 Å². The molecule has 0 bridgehead atoms. The number of piperazine rings is 1. The van der Waals surface area contributed by atoms with Crippen LogP contribution in [0.15, 0.2) is 36.8 Å². The second-order valence-corrected chi connectivity index (χ2v) is 7.91. The van der Waals surface area contributed by atoms with Crippen molar-refractivity contribution in [1.29, 1.82) is 0 Å². The van der Waals surface area contributed by atoms with Crippen LogP contribution in [0.5, 0.6) is 0 Å². The highest BCUT2D eigenvalue weighted by atomic mass is 19.1. The maximum Gasteiger partial charge on any atom is 0.227 e. The van der Waals surface area contributed by atoms with Gasteiger partial charge in [-0.3, -0.25) is 4.68 Å². The molecule has 0 amide bonds. The van der Waals surface area contributed by atoms with Gasteiger partial charge in [-0.1, -0.05) is 6.92 Å². The standard InChI is InChI=1S/C22H27F2N7/c1-4-29-7-9-30(10-8-29)20-6-5-17(11-18(20)23)27-22-25-13-19(24)21(28-22)16-12-26-31(14-16)15(2)3/h5-6,11-15H,4,7-10H2,1-3H3,(H,25,27,28). The molecule has 31 heavy (non-hydrogen) atoms. The second kappa shape index (κ2) is 8.97. The largest absolute Gasteiger partial charge is 0.367 e. The molecule has 1 aliphatic heterocycles. The van der Waals surface area contributed by atoms with Crippen LogP contribution in [0.4, 0.5) is 26.1 Å². The minimum atomic E-state index is -0.540. The second-order valence-electron chi connectivity index (χ2n) is 7.91. The van der Waals surface area contributed by atoms with E-state index in [4.69, 9.17) is 0 Å². The molecule has 1 saturated heterocycles. The number of rotatable bonds is 6. The van der Waals surface area contributed by atoms with Crippen LogP contribution in [0.3, 0.4) is 0 Å². The van der Waals surface area contributed by atoms with E-state index in [-0.39, 0.29) is 23.5 Å². The predicted molar refractivity (Wildman–Crippen MR) is 118 cm³/mol. The summed E-state index contributed by atoms with van der Waals surface area (Å²) in [5.74, 6) is -0.658. The van der Waals surface area contributed by atoms with Crippen molar-refractivity contribution in [3.05, 3.63) is 48.4 Å². The molecule has 3 heterocycles. The first-order chi connectivity index (χ1) is 14.9. The third kappa shape index (κ3) is 4.66. The number of anilines is 3. The molecule has 1 aromatic carbocycles. The van der Waals surface area contributed by atoms with Gasteiger partial charge in [-0.2, -0.15) is 5.10 Å². The van der Waals surface area contributed by atoms with Gasteiger partial charge in [0.2, 0.25) is 5.95 Å². The zero-order valence-electron chi connectivity index (χ0n) is 18.0. The molecular formula is C22H27F2N7.